The molecule has 0 unspecified atom stereocenters. The predicted octanol–water partition coefficient (Wildman–Crippen LogP) is 5.06. The monoisotopic (exact) mass is 286 g/mol. The molecular formula is C18H22O3. The summed E-state index contributed by atoms with van der Waals surface area (Å²) in [6.07, 6.45) is 2.01. The highest BCUT2D eigenvalue weighted by Crippen LogP contribution is 2.25. The van der Waals surface area contributed by atoms with E-state index in [1.807, 2.05) is 48.5 Å². The summed E-state index contributed by atoms with van der Waals surface area (Å²) in [7, 11) is 0. The predicted molar refractivity (Wildman–Crippen MR) is 84.5 cm³/mol. The van der Waals surface area contributed by atoms with Crippen LogP contribution in [-0.2, 0) is 0 Å². The van der Waals surface area contributed by atoms with Crippen LogP contribution in [0.3, 0.4) is 0 Å². The van der Waals surface area contributed by atoms with Gasteiger partial charge >= 0.3 is 0 Å². The minimum absolute atomic E-state index is 0.736. The standard InChI is InChI=1S/C18H22O3/c1-3-13-19-15-5-9-17(10-6-15)21-18-11-7-16(8-12-18)20-14-4-2/h5-12H,3-4,13-14H2,1-2H3. The molecule has 3 nitrogen and oxygen atoms in total. The lowest BCUT2D eigenvalue weighted by atomic mass is 10.3. The van der Waals surface area contributed by atoms with Crippen molar-refractivity contribution >= 4 is 0 Å². The molecule has 0 saturated heterocycles. The zero-order valence-electron chi connectivity index (χ0n) is 12.7. The van der Waals surface area contributed by atoms with Crippen molar-refractivity contribution in [2.24, 2.45) is 0 Å². The highest BCUT2D eigenvalue weighted by Gasteiger charge is 2.00. The molecule has 2 aromatic rings. The molecule has 112 valence electrons. The lowest BCUT2D eigenvalue weighted by Gasteiger charge is -2.09. The molecule has 2 aromatic carbocycles. The molecule has 0 saturated carbocycles. The maximum Gasteiger partial charge on any atom is 0.127 e. The molecule has 0 fully saturated rings. The van der Waals surface area contributed by atoms with Gasteiger partial charge in [-0.1, -0.05) is 13.8 Å². The second-order valence-corrected chi connectivity index (χ2v) is 4.74. The third-order valence-corrected chi connectivity index (χ3v) is 2.83. The Morgan fingerprint density at radius 1 is 0.571 bits per heavy atom. The second kappa shape index (κ2) is 8.20. The molecule has 0 N–H and O–H groups in total. The lowest BCUT2D eigenvalue weighted by Crippen LogP contribution is -1.95. The van der Waals surface area contributed by atoms with Crippen LogP contribution in [-0.4, -0.2) is 13.2 Å². The normalized spacial score (nSPS) is 10.2. The van der Waals surface area contributed by atoms with Gasteiger partial charge in [0.05, 0.1) is 13.2 Å². The first-order valence-electron chi connectivity index (χ1n) is 7.45. The summed E-state index contributed by atoms with van der Waals surface area (Å²) < 4.78 is 16.9. The topological polar surface area (TPSA) is 27.7 Å². The maximum atomic E-state index is 5.79. The van der Waals surface area contributed by atoms with Crippen LogP contribution in [0.15, 0.2) is 48.5 Å². The Hall–Kier alpha value is -2.16. The zero-order valence-corrected chi connectivity index (χ0v) is 12.7. The molecular weight excluding hydrogens is 264 g/mol. The average molecular weight is 286 g/mol. The van der Waals surface area contributed by atoms with Crippen LogP contribution in [0, 0.1) is 0 Å². The van der Waals surface area contributed by atoms with E-state index in [4.69, 9.17) is 14.2 Å². The van der Waals surface area contributed by atoms with Crippen molar-refractivity contribution in [2.75, 3.05) is 13.2 Å². The molecule has 3 heteroatoms. The van der Waals surface area contributed by atoms with Crippen LogP contribution in [0.4, 0.5) is 0 Å². The minimum Gasteiger partial charge on any atom is -0.494 e. The van der Waals surface area contributed by atoms with Crippen LogP contribution < -0.4 is 14.2 Å². The molecule has 0 aliphatic heterocycles. The molecule has 0 aliphatic rings. The summed E-state index contributed by atoms with van der Waals surface area (Å²) in [5.74, 6) is 3.32. The van der Waals surface area contributed by atoms with Crippen LogP contribution in [0.5, 0.6) is 23.0 Å². The summed E-state index contributed by atoms with van der Waals surface area (Å²) in [6.45, 7) is 5.65. The Bertz CT molecular complexity index is 468. The van der Waals surface area contributed by atoms with Crippen LogP contribution in [0.25, 0.3) is 0 Å². The van der Waals surface area contributed by atoms with Gasteiger partial charge in [-0.25, -0.2) is 0 Å². The quantitative estimate of drug-likeness (QED) is 0.679. The van der Waals surface area contributed by atoms with Crippen molar-refractivity contribution in [3.8, 4) is 23.0 Å². The molecule has 0 atom stereocenters. The average Bonchev–Trinajstić information content (AvgIpc) is 2.53. The van der Waals surface area contributed by atoms with Crippen molar-refractivity contribution in [3.05, 3.63) is 48.5 Å². The molecule has 0 bridgehead atoms. The number of rotatable bonds is 8. The van der Waals surface area contributed by atoms with Crippen LogP contribution in [0.1, 0.15) is 26.7 Å². The Kier molecular flexibility index (Phi) is 5.95. The van der Waals surface area contributed by atoms with E-state index in [0.717, 1.165) is 49.1 Å². The Morgan fingerprint density at radius 3 is 1.24 bits per heavy atom. The van der Waals surface area contributed by atoms with Crippen LogP contribution >= 0.6 is 0 Å². The van der Waals surface area contributed by atoms with E-state index in [1.54, 1.807) is 0 Å². The molecule has 0 radical (unpaired) electrons. The molecule has 0 amide bonds. The number of hydrogen-bond acceptors (Lipinski definition) is 3. The molecule has 21 heavy (non-hydrogen) atoms. The van der Waals surface area contributed by atoms with Gasteiger partial charge < -0.3 is 14.2 Å². The number of ether oxygens (including phenoxy) is 3. The van der Waals surface area contributed by atoms with Crippen molar-refractivity contribution in [1.29, 1.82) is 0 Å². The van der Waals surface area contributed by atoms with Gasteiger partial charge in [0.2, 0.25) is 0 Å². The molecule has 0 aromatic heterocycles. The fourth-order valence-corrected chi connectivity index (χ4v) is 1.78. The van der Waals surface area contributed by atoms with E-state index < -0.39 is 0 Å². The lowest BCUT2D eigenvalue weighted by molar-refractivity contribution is 0.316. The smallest absolute Gasteiger partial charge is 0.127 e. The van der Waals surface area contributed by atoms with E-state index in [1.165, 1.54) is 0 Å². The van der Waals surface area contributed by atoms with E-state index in [-0.39, 0.29) is 0 Å². The van der Waals surface area contributed by atoms with Gasteiger partial charge in [0, 0.05) is 0 Å². The van der Waals surface area contributed by atoms with E-state index in [0.29, 0.717) is 0 Å². The van der Waals surface area contributed by atoms with Crippen LogP contribution in [0.2, 0.25) is 0 Å². The van der Waals surface area contributed by atoms with Gasteiger partial charge in [-0.2, -0.15) is 0 Å². The van der Waals surface area contributed by atoms with Crippen molar-refractivity contribution in [2.45, 2.75) is 26.7 Å². The number of benzene rings is 2. The first-order valence-corrected chi connectivity index (χ1v) is 7.45. The van der Waals surface area contributed by atoms with E-state index in [9.17, 15) is 0 Å². The van der Waals surface area contributed by atoms with Gasteiger partial charge in [-0.15, -0.1) is 0 Å². The third-order valence-electron chi connectivity index (χ3n) is 2.83. The summed E-state index contributed by atoms with van der Waals surface area (Å²) in [6, 6.07) is 15.3. The fourth-order valence-electron chi connectivity index (χ4n) is 1.78. The van der Waals surface area contributed by atoms with Gasteiger partial charge in [0.25, 0.3) is 0 Å². The first-order chi connectivity index (χ1) is 10.3. The van der Waals surface area contributed by atoms with Gasteiger partial charge in [-0.05, 0) is 61.4 Å². The summed E-state index contributed by atoms with van der Waals surface area (Å²) in [5, 5.41) is 0. The fraction of sp³-hybridized carbons (Fsp3) is 0.333. The van der Waals surface area contributed by atoms with Crippen molar-refractivity contribution < 1.29 is 14.2 Å². The maximum absolute atomic E-state index is 5.79. The van der Waals surface area contributed by atoms with Gasteiger partial charge in [-0.3, -0.25) is 0 Å². The molecule has 2 rings (SSSR count). The minimum atomic E-state index is 0.736. The summed E-state index contributed by atoms with van der Waals surface area (Å²) in [4.78, 5) is 0. The Morgan fingerprint density at radius 2 is 0.905 bits per heavy atom. The molecule has 0 heterocycles. The summed E-state index contributed by atoms with van der Waals surface area (Å²) in [5.41, 5.74) is 0. The Labute approximate surface area is 126 Å². The van der Waals surface area contributed by atoms with Crippen molar-refractivity contribution in [1.82, 2.24) is 0 Å². The third kappa shape index (κ3) is 5.03. The van der Waals surface area contributed by atoms with Gasteiger partial charge in [0.1, 0.15) is 23.0 Å². The van der Waals surface area contributed by atoms with Crippen molar-refractivity contribution in [3.63, 3.8) is 0 Å². The zero-order chi connectivity index (χ0) is 14.9. The number of hydrogen-bond donors (Lipinski definition) is 0. The molecule has 0 aliphatic carbocycles. The van der Waals surface area contributed by atoms with E-state index >= 15 is 0 Å². The highest BCUT2D eigenvalue weighted by atomic mass is 16.5. The van der Waals surface area contributed by atoms with E-state index in [2.05, 4.69) is 13.8 Å². The second-order valence-electron chi connectivity index (χ2n) is 4.74. The Balaban J connectivity index is 1.91. The van der Waals surface area contributed by atoms with Gasteiger partial charge in [0.15, 0.2) is 0 Å². The highest BCUT2D eigenvalue weighted by molar-refractivity contribution is 5.37. The summed E-state index contributed by atoms with van der Waals surface area (Å²) >= 11 is 0. The first kappa shape index (κ1) is 15.2. The SMILES string of the molecule is CCCOc1ccc(Oc2ccc(OCCC)cc2)cc1. The largest absolute Gasteiger partial charge is 0.494 e. The molecule has 0 spiro atoms.